The Hall–Kier alpha value is -2.66. The van der Waals surface area contributed by atoms with Gasteiger partial charge in [0.05, 0.1) is 19.4 Å². The molecule has 0 spiro atoms. The predicted molar refractivity (Wildman–Crippen MR) is 108 cm³/mol. The number of amides is 1. The third-order valence-electron chi connectivity index (χ3n) is 4.32. The van der Waals surface area contributed by atoms with Crippen molar-refractivity contribution in [2.45, 2.75) is 30.0 Å². The van der Waals surface area contributed by atoms with E-state index in [-0.39, 0.29) is 11.9 Å². The summed E-state index contributed by atoms with van der Waals surface area (Å²) in [4.78, 5) is 13.9. The third-order valence-corrected chi connectivity index (χ3v) is 5.38. The van der Waals surface area contributed by atoms with Crippen molar-refractivity contribution in [2.24, 2.45) is 0 Å². The number of benzene rings is 2. The molecular formula is C22H23NO3S. The average molecular weight is 381 g/mol. The van der Waals surface area contributed by atoms with E-state index >= 15 is 0 Å². The van der Waals surface area contributed by atoms with Crippen molar-refractivity contribution in [1.82, 2.24) is 5.32 Å². The van der Waals surface area contributed by atoms with Crippen LogP contribution in [0.2, 0.25) is 0 Å². The van der Waals surface area contributed by atoms with Gasteiger partial charge in [-0.25, -0.2) is 0 Å². The molecule has 5 heteroatoms. The minimum Gasteiger partial charge on any atom is -0.497 e. The summed E-state index contributed by atoms with van der Waals surface area (Å²) in [5, 5.41) is 3.08. The molecule has 1 aromatic heterocycles. The minimum atomic E-state index is -0.189. The largest absolute Gasteiger partial charge is 0.497 e. The van der Waals surface area contributed by atoms with Crippen molar-refractivity contribution in [2.75, 3.05) is 7.11 Å². The molecule has 0 aliphatic carbocycles. The second kappa shape index (κ2) is 9.33. The Kier molecular flexibility index (Phi) is 6.60. The highest BCUT2D eigenvalue weighted by atomic mass is 32.2. The molecule has 0 saturated carbocycles. The summed E-state index contributed by atoms with van der Waals surface area (Å²) in [5.41, 5.74) is 1.93. The Bertz CT molecular complexity index is 859. The number of ether oxygens (including phenoxy) is 1. The number of carbonyl (C=O) groups is 1. The maximum absolute atomic E-state index is 12.8. The van der Waals surface area contributed by atoms with E-state index in [1.807, 2.05) is 55.5 Å². The minimum absolute atomic E-state index is 0.0804. The van der Waals surface area contributed by atoms with Crippen molar-refractivity contribution in [3.05, 3.63) is 83.8 Å². The van der Waals surface area contributed by atoms with Crippen LogP contribution in [-0.4, -0.2) is 13.0 Å². The summed E-state index contributed by atoms with van der Waals surface area (Å²) in [6.45, 7) is 2.05. The van der Waals surface area contributed by atoms with Crippen LogP contribution in [0.4, 0.5) is 0 Å². The smallest absolute Gasteiger partial charge is 0.287 e. The molecule has 1 atom stereocenters. The number of furan rings is 1. The molecule has 0 bridgehead atoms. The lowest BCUT2D eigenvalue weighted by atomic mass is 10.0. The first-order valence-corrected chi connectivity index (χ1v) is 9.89. The number of thioether (sulfide) groups is 1. The summed E-state index contributed by atoms with van der Waals surface area (Å²) >= 11 is 1.68. The van der Waals surface area contributed by atoms with Gasteiger partial charge in [0.15, 0.2) is 5.76 Å². The molecule has 0 saturated heterocycles. The molecule has 0 aliphatic heterocycles. The summed E-state index contributed by atoms with van der Waals surface area (Å²) in [6.07, 6.45) is 2.36. The van der Waals surface area contributed by atoms with Gasteiger partial charge in [-0.05, 0) is 42.3 Å². The fourth-order valence-electron chi connectivity index (χ4n) is 2.81. The van der Waals surface area contributed by atoms with Crippen LogP contribution < -0.4 is 10.1 Å². The van der Waals surface area contributed by atoms with Gasteiger partial charge in [0.25, 0.3) is 5.91 Å². The number of hydrogen-bond donors (Lipinski definition) is 1. The maximum Gasteiger partial charge on any atom is 0.287 e. The molecular weight excluding hydrogens is 358 g/mol. The van der Waals surface area contributed by atoms with Crippen LogP contribution in [0.15, 0.2) is 76.2 Å². The van der Waals surface area contributed by atoms with Crippen LogP contribution in [0.25, 0.3) is 0 Å². The highest BCUT2D eigenvalue weighted by Crippen LogP contribution is 2.26. The van der Waals surface area contributed by atoms with Crippen molar-refractivity contribution < 1.29 is 13.9 Å². The van der Waals surface area contributed by atoms with E-state index in [2.05, 4.69) is 17.4 Å². The van der Waals surface area contributed by atoms with E-state index in [1.54, 1.807) is 25.1 Å². The number of nitrogens with one attached hydrogen (secondary N) is 1. The first-order valence-electron chi connectivity index (χ1n) is 8.90. The molecule has 1 amide bonds. The van der Waals surface area contributed by atoms with Gasteiger partial charge in [-0.3, -0.25) is 4.79 Å². The topological polar surface area (TPSA) is 51.5 Å². The van der Waals surface area contributed by atoms with E-state index in [0.29, 0.717) is 11.5 Å². The Morgan fingerprint density at radius 2 is 1.85 bits per heavy atom. The van der Waals surface area contributed by atoms with Crippen molar-refractivity contribution in [1.29, 1.82) is 0 Å². The van der Waals surface area contributed by atoms with Gasteiger partial charge in [-0.2, -0.15) is 0 Å². The fourth-order valence-corrected chi connectivity index (χ4v) is 3.71. The van der Waals surface area contributed by atoms with Gasteiger partial charge >= 0.3 is 0 Å². The zero-order valence-electron chi connectivity index (χ0n) is 15.5. The standard InChI is InChI=1S/C22H23NO3S/c1-3-20(16-9-11-18(25-2)12-10-16)23-22(24)21-17(13-14-26-21)15-27-19-7-5-4-6-8-19/h4-14,20H,3,15H2,1-2H3,(H,23,24). The lowest BCUT2D eigenvalue weighted by Crippen LogP contribution is -2.28. The van der Waals surface area contributed by atoms with Crippen LogP contribution in [0, 0.1) is 0 Å². The molecule has 140 valence electrons. The number of methoxy groups -OCH3 is 1. The molecule has 0 radical (unpaired) electrons. The van der Waals surface area contributed by atoms with Crippen molar-refractivity contribution in [3.63, 3.8) is 0 Å². The van der Waals surface area contributed by atoms with Crippen LogP contribution in [0.3, 0.4) is 0 Å². The second-order valence-corrected chi connectivity index (χ2v) is 7.13. The molecule has 4 nitrogen and oxygen atoms in total. The fraction of sp³-hybridized carbons (Fsp3) is 0.227. The van der Waals surface area contributed by atoms with Gasteiger partial charge in [0.2, 0.25) is 0 Å². The molecule has 0 aliphatic rings. The lowest BCUT2D eigenvalue weighted by molar-refractivity contribution is 0.0906. The first-order chi connectivity index (χ1) is 13.2. The van der Waals surface area contributed by atoms with Crippen LogP contribution >= 0.6 is 11.8 Å². The van der Waals surface area contributed by atoms with E-state index in [9.17, 15) is 4.79 Å². The van der Waals surface area contributed by atoms with Crippen molar-refractivity contribution >= 4 is 17.7 Å². The Labute approximate surface area is 163 Å². The van der Waals surface area contributed by atoms with Crippen LogP contribution in [0.1, 0.15) is 41.1 Å². The van der Waals surface area contributed by atoms with Gasteiger partial charge < -0.3 is 14.5 Å². The van der Waals surface area contributed by atoms with E-state index in [1.165, 1.54) is 0 Å². The Balaban J connectivity index is 1.67. The molecule has 3 aromatic rings. The molecule has 1 heterocycles. The molecule has 27 heavy (non-hydrogen) atoms. The number of rotatable bonds is 8. The quantitative estimate of drug-likeness (QED) is 0.526. The Morgan fingerprint density at radius 3 is 2.52 bits per heavy atom. The van der Waals surface area contributed by atoms with E-state index in [4.69, 9.17) is 9.15 Å². The summed E-state index contributed by atoms with van der Waals surface area (Å²) in [7, 11) is 1.64. The van der Waals surface area contributed by atoms with Gasteiger partial charge in [-0.15, -0.1) is 11.8 Å². The molecule has 0 fully saturated rings. The summed E-state index contributed by atoms with van der Waals surface area (Å²) in [6, 6.07) is 19.6. The zero-order chi connectivity index (χ0) is 19.1. The second-order valence-electron chi connectivity index (χ2n) is 6.08. The van der Waals surface area contributed by atoms with E-state index in [0.717, 1.165) is 28.2 Å². The number of carbonyl (C=O) groups excluding carboxylic acids is 1. The van der Waals surface area contributed by atoms with Gasteiger partial charge in [-0.1, -0.05) is 37.3 Å². The summed E-state index contributed by atoms with van der Waals surface area (Å²) < 4.78 is 10.7. The predicted octanol–water partition coefficient (Wildman–Crippen LogP) is 5.46. The van der Waals surface area contributed by atoms with Crippen LogP contribution in [-0.2, 0) is 5.75 Å². The van der Waals surface area contributed by atoms with E-state index < -0.39 is 0 Å². The summed E-state index contributed by atoms with van der Waals surface area (Å²) in [5.74, 6) is 1.67. The molecule has 1 N–H and O–H groups in total. The molecule has 2 aromatic carbocycles. The van der Waals surface area contributed by atoms with Crippen molar-refractivity contribution in [3.8, 4) is 5.75 Å². The van der Waals surface area contributed by atoms with Crippen LogP contribution in [0.5, 0.6) is 5.75 Å². The molecule has 3 rings (SSSR count). The lowest BCUT2D eigenvalue weighted by Gasteiger charge is -2.17. The highest BCUT2D eigenvalue weighted by molar-refractivity contribution is 7.98. The normalized spacial score (nSPS) is 11.8. The third kappa shape index (κ3) is 4.95. The average Bonchev–Trinajstić information content (AvgIpc) is 3.20. The zero-order valence-corrected chi connectivity index (χ0v) is 16.3. The Morgan fingerprint density at radius 1 is 1.11 bits per heavy atom. The molecule has 1 unspecified atom stereocenters. The number of hydrogen-bond acceptors (Lipinski definition) is 4. The van der Waals surface area contributed by atoms with Gasteiger partial charge in [0.1, 0.15) is 5.75 Å². The monoisotopic (exact) mass is 381 g/mol. The highest BCUT2D eigenvalue weighted by Gasteiger charge is 2.19. The first kappa shape index (κ1) is 19.1. The SMILES string of the molecule is CCC(NC(=O)c1occc1CSc1ccccc1)c1ccc(OC)cc1. The van der Waals surface area contributed by atoms with Gasteiger partial charge in [0, 0.05) is 16.2 Å². The maximum atomic E-state index is 12.8.